The molecule has 230 valence electrons. The van der Waals surface area contributed by atoms with Crippen LogP contribution in [0.4, 0.5) is 0 Å². The maximum Gasteiger partial charge on any atom is 0.192 e. The van der Waals surface area contributed by atoms with Gasteiger partial charge in [-0.25, -0.2) is 0 Å². The first kappa shape index (κ1) is 32.4. The number of ether oxygens (including phenoxy) is 2. The van der Waals surface area contributed by atoms with Crippen LogP contribution in [0.15, 0.2) is 11.6 Å². The van der Waals surface area contributed by atoms with Crippen LogP contribution in [0.5, 0.6) is 0 Å². The molecule has 4 aliphatic carbocycles. The lowest BCUT2D eigenvalue weighted by Gasteiger charge is -2.57. The second-order valence-corrected chi connectivity index (χ2v) is 21.4. The molecule has 0 aromatic heterocycles. The molecule has 5 heteroatoms. The Bertz CT molecular complexity index is 934. The highest BCUT2D eigenvalue weighted by molar-refractivity contribution is 6.74. The summed E-state index contributed by atoms with van der Waals surface area (Å²) < 4.78 is 18.4. The van der Waals surface area contributed by atoms with E-state index in [1.807, 2.05) is 0 Å². The predicted molar refractivity (Wildman–Crippen MR) is 168 cm³/mol. The Morgan fingerprint density at radius 1 is 0.950 bits per heavy atom. The summed E-state index contributed by atoms with van der Waals surface area (Å²) in [4.78, 5) is 13.7. The first-order valence-corrected chi connectivity index (χ1v) is 19.5. The lowest BCUT2D eigenvalue weighted by atomic mass is 9.47. The van der Waals surface area contributed by atoms with Crippen molar-refractivity contribution >= 4 is 14.1 Å². The van der Waals surface area contributed by atoms with Crippen molar-refractivity contribution in [2.24, 2.45) is 46.3 Å². The summed E-state index contributed by atoms with van der Waals surface area (Å²) in [6.07, 6.45) is 13.0. The Labute approximate surface area is 247 Å². The van der Waals surface area contributed by atoms with E-state index in [0.717, 1.165) is 19.3 Å². The molecule has 0 aromatic carbocycles. The fourth-order valence-corrected chi connectivity index (χ4v) is 10.7. The second-order valence-electron chi connectivity index (χ2n) is 16.7. The first-order valence-electron chi connectivity index (χ1n) is 16.6. The summed E-state index contributed by atoms with van der Waals surface area (Å²) in [6, 6.07) is 0. The summed E-state index contributed by atoms with van der Waals surface area (Å²) in [6.45, 7) is 24.5. The molecule has 3 unspecified atom stereocenters. The van der Waals surface area contributed by atoms with Gasteiger partial charge in [0.15, 0.2) is 14.1 Å². The van der Waals surface area contributed by atoms with E-state index in [4.69, 9.17) is 13.9 Å². The van der Waals surface area contributed by atoms with Gasteiger partial charge in [-0.15, -0.1) is 0 Å². The number of carbonyl (C=O) groups is 1. The lowest BCUT2D eigenvalue weighted by molar-refractivity contribution is -0.142. The zero-order chi connectivity index (χ0) is 29.7. The van der Waals surface area contributed by atoms with Crippen molar-refractivity contribution in [3.63, 3.8) is 0 Å². The van der Waals surface area contributed by atoms with Crippen LogP contribution in [0.2, 0.25) is 18.1 Å². The van der Waals surface area contributed by atoms with Gasteiger partial charge in [-0.3, -0.25) is 4.79 Å². The summed E-state index contributed by atoms with van der Waals surface area (Å²) in [5.74, 6) is 3.44. The van der Waals surface area contributed by atoms with Gasteiger partial charge in [0.05, 0.1) is 6.10 Å². The number of ketones is 1. The van der Waals surface area contributed by atoms with Gasteiger partial charge in [-0.05, 0) is 122 Å². The molecule has 3 fully saturated rings. The quantitative estimate of drug-likeness (QED) is 0.193. The summed E-state index contributed by atoms with van der Waals surface area (Å²) in [5.41, 5.74) is 1.86. The standard InChI is InChI=1S/C35H62O4Si/c1-23(2)12-15-32(39-40(10,11)33(4,5)6)24(3)27-13-14-28-26-21-31(36)30-20-25(38-22-37-9)16-18-35(30,8)29(26)17-19-34(27,28)7/h21,23-25,27-30,32H,12-20,22H2,1-11H3/t24-,25?,27+,28-,29-,30?,32?,34+,35+/m0/s1. The van der Waals surface area contributed by atoms with E-state index in [1.54, 1.807) is 7.11 Å². The molecule has 0 N–H and O–H groups in total. The number of rotatable bonds is 10. The van der Waals surface area contributed by atoms with Crippen LogP contribution in [0.1, 0.15) is 113 Å². The molecule has 3 saturated carbocycles. The third kappa shape index (κ3) is 5.97. The summed E-state index contributed by atoms with van der Waals surface area (Å²) in [7, 11) is -0.202. The predicted octanol–water partition coefficient (Wildman–Crippen LogP) is 9.20. The number of allylic oxidation sites excluding steroid dienone is 2. The Morgan fingerprint density at radius 2 is 1.60 bits per heavy atom. The molecule has 0 spiro atoms. The van der Waals surface area contributed by atoms with E-state index in [1.165, 1.54) is 44.1 Å². The van der Waals surface area contributed by atoms with E-state index < -0.39 is 8.32 Å². The molecule has 0 aromatic rings. The van der Waals surface area contributed by atoms with E-state index in [2.05, 4.69) is 74.6 Å². The topological polar surface area (TPSA) is 44.8 Å². The van der Waals surface area contributed by atoms with Gasteiger partial charge in [0, 0.05) is 19.1 Å². The van der Waals surface area contributed by atoms with Crippen LogP contribution in [0.25, 0.3) is 0 Å². The van der Waals surface area contributed by atoms with Crippen LogP contribution in [-0.2, 0) is 18.7 Å². The highest BCUT2D eigenvalue weighted by atomic mass is 28.4. The maximum atomic E-state index is 13.7. The largest absolute Gasteiger partial charge is 0.414 e. The van der Waals surface area contributed by atoms with Gasteiger partial charge < -0.3 is 13.9 Å². The molecule has 0 heterocycles. The highest BCUT2D eigenvalue weighted by Crippen LogP contribution is 2.66. The molecule has 4 nitrogen and oxygen atoms in total. The maximum absolute atomic E-state index is 13.7. The van der Waals surface area contributed by atoms with E-state index in [0.29, 0.717) is 48.3 Å². The molecule has 0 amide bonds. The Balaban J connectivity index is 1.57. The molecule has 0 bridgehead atoms. The molecular formula is C35H62O4Si. The van der Waals surface area contributed by atoms with Crippen molar-refractivity contribution in [1.82, 2.24) is 0 Å². The average molecular weight is 575 g/mol. The van der Waals surface area contributed by atoms with Crippen molar-refractivity contribution in [1.29, 1.82) is 0 Å². The Kier molecular flexibility index (Phi) is 9.63. The van der Waals surface area contributed by atoms with Crippen LogP contribution < -0.4 is 0 Å². The molecule has 4 rings (SSSR count). The molecule has 0 saturated heterocycles. The average Bonchev–Trinajstić information content (AvgIpc) is 3.22. The minimum absolute atomic E-state index is 0.0738. The fraction of sp³-hybridized carbons (Fsp3) is 0.914. The smallest absolute Gasteiger partial charge is 0.192 e. The van der Waals surface area contributed by atoms with Crippen molar-refractivity contribution in [3.8, 4) is 0 Å². The fourth-order valence-electron chi connectivity index (χ4n) is 9.29. The van der Waals surface area contributed by atoms with E-state index in [9.17, 15) is 4.79 Å². The molecule has 4 aliphatic rings. The number of methoxy groups -OCH3 is 1. The van der Waals surface area contributed by atoms with Gasteiger partial charge in [0.2, 0.25) is 0 Å². The molecule has 0 aliphatic heterocycles. The van der Waals surface area contributed by atoms with Crippen molar-refractivity contribution in [3.05, 3.63) is 11.6 Å². The third-order valence-electron chi connectivity index (χ3n) is 12.9. The lowest BCUT2D eigenvalue weighted by Crippen LogP contribution is -2.53. The molecule has 9 atom stereocenters. The number of hydrogen-bond donors (Lipinski definition) is 0. The molecule has 0 radical (unpaired) electrons. The Morgan fingerprint density at radius 3 is 2.23 bits per heavy atom. The second kappa shape index (κ2) is 11.9. The zero-order valence-electron chi connectivity index (χ0n) is 27.9. The van der Waals surface area contributed by atoms with Crippen molar-refractivity contribution in [2.45, 2.75) is 144 Å². The third-order valence-corrected chi connectivity index (χ3v) is 17.4. The summed E-state index contributed by atoms with van der Waals surface area (Å²) in [5, 5.41) is 0.218. The zero-order valence-corrected chi connectivity index (χ0v) is 28.9. The molecule has 40 heavy (non-hydrogen) atoms. The first-order chi connectivity index (χ1) is 18.5. The van der Waals surface area contributed by atoms with E-state index >= 15 is 0 Å². The Hall–Kier alpha value is -0.493. The van der Waals surface area contributed by atoms with Crippen molar-refractivity contribution in [2.75, 3.05) is 13.9 Å². The number of carbonyl (C=O) groups excluding carboxylic acids is 1. The summed E-state index contributed by atoms with van der Waals surface area (Å²) >= 11 is 0. The van der Waals surface area contributed by atoms with Crippen LogP contribution in [0.3, 0.4) is 0 Å². The van der Waals surface area contributed by atoms with Crippen molar-refractivity contribution < 1.29 is 18.7 Å². The normalized spacial score (nSPS) is 38.0. The van der Waals surface area contributed by atoms with Gasteiger partial charge in [0.25, 0.3) is 0 Å². The number of hydrogen-bond acceptors (Lipinski definition) is 4. The van der Waals surface area contributed by atoms with Gasteiger partial charge >= 0.3 is 0 Å². The van der Waals surface area contributed by atoms with Crippen LogP contribution >= 0.6 is 0 Å². The van der Waals surface area contributed by atoms with Gasteiger partial charge in [-0.2, -0.15) is 0 Å². The minimum atomic E-state index is -1.88. The van der Waals surface area contributed by atoms with Crippen LogP contribution in [-0.4, -0.2) is 40.2 Å². The van der Waals surface area contributed by atoms with Gasteiger partial charge in [-0.1, -0.05) is 61.0 Å². The highest BCUT2D eigenvalue weighted by Gasteiger charge is 2.60. The van der Waals surface area contributed by atoms with Gasteiger partial charge in [0.1, 0.15) is 6.79 Å². The van der Waals surface area contributed by atoms with Crippen LogP contribution in [0, 0.1) is 46.3 Å². The minimum Gasteiger partial charge on any atom is -0.414 e. The van der Waals surface area contributed by atoms with E-state index in [-0.39, 0.29) is 27.9 Å². The monoisotopic (exact) mass is 574 g/mol. The molecular weight excluding hydrogens is 512 g/mol. The SMILES string of the molecule is COCOC1CC[C@@]2(C)C(C1)C(=O)C=C1[C@@H]3CC[C@H]([C@H](C)C(CCC(C)C)O[Si](C)(C)C(C)(C)C)[C@@]3(C)CC[C@@H]12. The number of fused-ring (bicyclic) bond motifs is 5.